The van der Waals surface area contributed by atoms with Gasteiger partial charge in [-0.1, -0.05) is 24.3 Å². The number of hydrogen-bond acceptors (Lipinski definition) is 5. The van der Waals surface area contributed by atoms with Gasteiger partial charge in [0.2, 0.25) is 5.91 Å². The maximum Gasteiger partial charge on any atom is 0.255 e. The molecule has 0 saturated carbocycles. The van der Waals surface area contributed by atoms with Crippen molar-refractivity contribution in [2.24, 2.45) is 5.73 Å². The van der Waals surface area contributed by atoms with Crippen LogP contribution in [-0.2, 0) is 13.2 Å². The molecule has 3 aromatic rings. The highest BCUT2D eigenvalue weighted by Gasteiger charge is 2.12. The summed E-state index contributed by atoms with van der Waals surface area (Å²) in [5.74, 6) is -0.268. The van der Waals surface area contributed by atoms with E-state index in [1.807, 2.05) is 48.5 Å². The maximum atomic E-state index is 12.7. The molecule has 1 aromatic heterocycles. The molecule has 1 saturated heterocycles. The first kappa shape index (κ1) is 21.5. The number of amides is 2. The van der Waals surface area contributed by atoms with Gasteiger partial charge in [-0.25, -0.2) is 0 Å². The SMILES string of the molecule is NC(=O)c1cncc(OCc2cccc(NC(=O)c3ccc(CN4CCCC4)cc3)c2)c1. The Morgan fingerprint density at radius 3 is 2.50 bits per heavy atom. The van der Waals surface area contributed by atoms with Crippen LogP contribution in [0.2, 0.25) is 0 Å². The second-order valence-corrected chi connectivity index (χ2v) is 7.90. The molecule has 0 aliphatic carbocycles. The Bertz CT molecular complexity index is 1090. The average Bonchev–Trinajstić information content (AvgIpc) is 3.32. The number of nitrogens with two attached hydrogens (primary N) is 1. The fraction of sp³-hybridized carbons (Fsp3) is 0.240. The Hall–Kier alpha value is -3.71. The lowest BCUT2D eigenvalue weighted by molar-refractivity contribution is 0.0997. The van der Waals surface area contributed by atoms with Crippen LogP contribution >= 0.6 is 0 Å². The number of primary amides is 1. The van der Waals surface area contributed by atoms with Gasteiger partial charge in [-0.05, 0) is 67.4 Å². The Kier molecular flexibility index (Phi) is 6.77. The number of aromatic nitrogens is 1. The van der Waals surface area contributed by atoms with Gasteiger partial charge in [-0.2, -0.15) is 0 Å². The quantitative estimate of drug-likeness (QED) is 0.569. The van der Waals surface area contributed by atoms with Crippen LogP contribution in [-0.4, -0.2) is 34.8 Å². The van der Waals surface area contributed by atoms with Crippen LogP contribution in [0.1, 0.15) is 44.7 Å². The number of carbonyl (C=O) groups is 2. The minimum Gasteiger partial charge on any atom is -0.487 e. The van der Waals surface area contributed by atoms with E-state index in [-0.39, 0.29) is 18.1 Å². The van der Waals surface area contributed by atoms with E-state index in [0.29, 0.717) is 17.0 Å². The molecule has 0 spiro atoms. The van der Waals surface area contributed by atoms with E-state index in [1.54, 1.807) is 6.07 Å². The lowest BCUT2D eigenvalue weighted by Gasteiger charge is -2.14. The van der Waals surface area contributed by atoms with Crippen LogP contribution in [0.15, 0.2) is 67.0 Å². The molecular formula is C25H26N4O3. The van der Waals surface area contributed by atoms with Crippen molar-refractivity contribution in [3.05, 3.63) is 89.2 Å². The van der Waals surface area contributed by atoms with Gasteiger partial charge in [0.05, 0.1) is 11.8 Å². The highest BCUT2D eigenvalue weighted by atomic mass is 16.5. The van der Waals surface area contributed by atoms with Gasteiger partial charge < -0.3 is 15.8 Å². The number of ether oxygens (including phenoxy) is 1. The van der Waals surface area contributed by atoms with E-state index in [4.69, 9.17) is 10.5 Å². The molecule has 0 atom stereocenters. The standard InChI is InChI=1S/C25H26N4O3/c26-24(30)21-13-23(15-27-14-21)32-17-19-4-3-5-22(12-19)28-25(31)20-8-6-18(7-9-20)16-29-10-1-2-11-29/h3-9,12-15H,1-2,10-11,16-17H2,(H2,26,30)(H,28,31). The molecule has 0 bridgehead atoms. The molecule has 2 heterocycles. The van der Waals surface area contributed by atoms with Crippen LogP contribution in [0.25, 0.3) is 0 Å². The highest BCUT2D eigenvalue weighted by Crippen LogP contribution is 2.17. The zero-order chi connectivity index (χ0) is 22.3. The summed E-state index contributed by atoms with van der Waals surface area (Å²) >= 11 is 0. The second kappa shape index (κ2) is 10.1. The van der Waals surface area contributed by atoms with Crippen molar-refractivity contribution in [1.29, 1.82) is 0 Å². The van der Waals surface area contributed by atoms with Crippen molar-refractivity contribution in [1.82, 2.24) is 9.88 Å². The van der Waals surface area contributed by atoms with Crippen molar-refractivity contribution >= 4 is 17.5 Å². The predicted octanol–water partition coefficient (Wildman–Crippen LogP) is 3.61. The smallest absolute Gasteiger partial charge is 0.255 e. The van der Waals surface area contributed by atoms with Crippen molar-refractivity contribution in [2.45, 2.75) is 26.0 Å². The van der Waals surface area contributed by atoms with Crippen molar-refractivity contribution in [2.75, 3.05) is 18.4 Å². The van der Waals surface area contributed by atoms with E-state index < -0.39 is 5.91 Å². The topological polar surface area (TPSA) is 97.5 Å². The molecule has 7 nitrogen and oxygen atoms in total. The van der Waals surface area contributed by atoms with Crippen molar-refractivity contribution < 1.29 is 14.3 Å². The van der Waals surface area contributed by atoms with Crippen molar-refractivity contribution in [3.8, 4) is 5.75 Å². The van der Waals surface area contributed by atoms with Crippen LogP contribution in [0, 0.1) is 0 Å². The minimum atomic E-state index is -0.559. The molecule has 1 fully saturated rings. The normalized spacial score (nSPS) is 13.6. The first-order valence-corrected chi connectivity index (χ1v) is 10.7. The van der Waals surface area contributed by atoms with Gasteiger partial charge in [-0.15, -0.1) is 0 Å². The summed E-state index contributed by atoms with van der Waals surface area (Å²) in [6.45, 7) is 3.49. The van der Waals surface area contributed by atoms with Gasteiger partial charge in [0.1, 0.15) is 12.4 Å². The van der Waals surface area contributed by atoms with Gasteiger partial charge in [0, 0.05) is 24.0 Å². The number of rotatable bonds is 8. The molecule has 7 heteroatoms. The van der Waals surface area contributed by atoms with Crippen LogP contribution in [0.4, 0.5) is 5.69 Å². The van der Waals surface area contributed by atoms with Crippen LogP contribution < -0.4 is 15.8 Å². The van der Waals surface area contributed by atoms with Gasteiger partial charge in [0.25, 0.3) is 5.91 Å². The molecule has 1 aliphatic heterocycles. The fourth-order valence-corrected chi connectivity index (χ4v) is 3.70. The van der Waals surface area contributed by atoms with E-state index in [1.165, 1.54) is 30.8 Å². The second-order valence-electron chi connectivity index (χ2n) is 7.90. The summed E-state index contributed by atoms with van der Waals surface area (Å²) in [7, 11) is 0. The number of nitrogens with zero attached hydrogens (tertiary/aromatic N) is 2. The van der Waals surface area contributed by atoms with E-state index in [2.05, 4.69) is 15.2 Å². The summed E-state index contributed by atoms with van der Waals surface area (Å²) in [6, 6.07) is 16.8. The molecule has 32 heavy (non-hydrogen) atoms. The maximum absolute atomic E-state index is 12.7. The zero-order valence-corrected chi connectivity index (χ0v) is 17.8. The van der Waals surface area contributed by atoms with E-state index in [0.717, 1.165) is 25.2 Å². The van der Waals surface area contributed by atoms with Crippen LogP contribution in [0.5, 0.6) is 5.75 Å². The first-order valence-electron chi connectivity index (χ1n) is 10.7. The zero-order valence-electron chi connectivity index (χ0n) is 17.8. The average molecular weight is 431 g/mol. The number of anilines is 1. The van der Waals surface area contributed by atoms with E-state index >= 15 is 0 Å². The Morgan fingerprint density at radius 1 is 0.969 bits per heavy atom. The lowest BCUT2D eigenvalue weighted by atomic mass is 10.1. The Balaban J connectivity index is 1.34. The first-order chi connectivity index (χ1) is 15.6. The highest BCUT2D eigenvalue weighted by molar-refractivity contribution is 6.04. The number of benzene rings is 2. The number of carbonyl (C=O) groups excluding carboxylic acids is 2. The van der Waals surface area contributed by atoms with Crippen molar-refractivity contribution in [3.63, 3.8) is 0 Å². The third-order valence-electron chi connectivity index (χ3n) is 5.41. The summed E-state index contributed by atoms with van der Waals surface area (Å²) in [4.78, 5) is 30.3. The van der Waals surface area contributed by atoms with Gasteiger partial charge >= 0.3 is 0 Å². The molecule has 1 aliphatic rings. The molecule has 0 unspecified atom stereocenters. The third-order valence-corrected chi connectivity index (χ3v) is 5.41. The molecule has 3 N–H and O–H groups in total. The summed E-state index contributed by atoms with van der Waals surface area (Å²) in [5.41, 5.74) is 8.95. The summed E-state index contributed by atoms with van der Waals surface area (Å²) in [6.07, 6.45) is 5.44. The minimum absolute atomic E-state index is 0.158. The number of likely N-dealkylation sites (tertiary alicyclic amines) is 1. The number of pyridine rings is 1. The Labute approximate surface area is 187 Å². The largest absolute Gasteiger partial charge is 0.487 e. The fourth-order valence-electron chi connectivity index (χ4n) is 3.70. The molecule has 2 aromatic carbocycles. The summed E-state index contributed by atoms with van der Waals surface area (Å²) < 4.78 is 5.71. The third kappa shape index (κ3) is 5.70. The molecular weight excluding hydrogens is 404 g/mol. The molecule has 2 amide bonds. The molecule has 164 valence electrons. The van der Waals surface area contributed by atoms with Gasteiger partial charge in [-0.3, -0.25) is 19.5 Å². The summed E-state index contributed by atoms with van der Waals surface area (Å²) in [5, 5.41) is 2.93. The molecule has 4 rings (SSSR count). The monoisotopic (exact) mass is 430 g/mol. The van der Waals surface area contributed by atoms with Gasteiger partial charge in [0.15, 0.2) is 0 Å². The number of hydrogen-bond donors (Lipinski definition) is 2. The lowest BCUT2D eigenvalue weighted by Crippen LogP contribution is -2.18. The van der Waals surface area contributed by atoms with E-state index in [9.17, 15) is 9.59 Å². The van der Waals surface area contributed by atoms with Crippen LogP contribution in [0.3, 0.4) is 0 Å². The Morgan fingerprint density at radius 2 is 1.75 bits per heavy atom. The number of nitrogens with one attached hydrogen (secondary N) is 1. The molecule has 0 radical (unpaired) electrons. The predicted molar refractivity (Wildman–Crippen MR) is 122 cm³/mol.